The molecule has 3 rings (SSSR count). The lowest BCUT2D eigenvalue weighted by molar-refractivity contribution is 0.195. The summed E-state index contributed by atoms with van der Waals surface area (Å²) in [5.41, 5.74) is 2.76. The molecule has 5 nitrogen and oxygen atoms in total. The van der Waals surface area contributed by atoms with Gasteiger partial charge in [-0.25, -0.2) is 4.79 Å². The van der Waals surface area contributed by atoms with Crippen LogP contribution in [-0.4, -0.2) is 35.9 Å². The molecule has 1 aromatic rings. The number of halogens is 1. The van der Waals surface area contributed by atoms with Crippen LogP contribution in [0.25, 0.3) is 0 Å². The van der Waals surface area contributed by atoms with Crippen molar-refractivity contribution in [2.24, 2.45) is 5.92 Å². The van der Waals surface area contributed by atoms with E-state index >= 15 is 0 Å². The molecule has 0 bridgehead atoms. The van der Waals surface area contributed by atoms with Crippen molar-refractivity contribution in [1.29, 1.82) is 0 Å². The average molecular weight is 357 g/mol. The number of rotatable bonds is 1. The number of phenols is 1. The van der Waals surface area contributed by atoms with Crippen LogP contribution in [0.1, 0.15) is 36.8 Å². The monoisotopic (exact) mass is 356 g/mol. The molecule has 0 saturated carbocycles. The first-order valence-corrected chi connectivity index (χ1v) is 7.94. The van der Waals surface area contributed by atoms with Crippen LogP contribution >= 0.6 is 15.9 Å². The summed E-state index contributed by atoms with van der Waals surface area (Å²) >= 11 is 3.39. The van der Waals surface area contributed by atoms with E-state index in [1.165, 1.54) is 11.1 Å². The number of phenolic OH excluding ortho intramolecular Hbond substituents is 1. The van der Waals surface area contributed by atoms with Crippen molar-refractivity contribution in [2.45, 2.75) is 25.7 Å². The molecule has 1 amide bonds. The van der Waals surface area contributed by atoms with Crippen molar-refractivity contribution in [1.82, 2.24) is 10.6 Å². The second-order valence-electron chi connectivity index (χ2n) is 5.49. The van der Waals surface area contributed by atoms with Crippen molar-refractivity contribution >= 4 is 22.0 Å². The minimum atomic E-state index is -0.961. The maximum atomic E-state index is 9.72. The van der Waals surface area contributed by atoms with Gasteiger partial charge in [-0.05, 0) is 64.5 Å². The third-order valence-electron chi connectivity index (χ3n) is 4.27. The van der Waals surface area contributed by atoms with E-state index in [1.807, 2.05) is 6.07 Å². The largest absolute Gasteiger partial charge is 0.507 e. The molecule has 4 N–H and O–H groups in total. The summed E-state index contributed by atoms with van der Waals surface area (Å²) in [5.74, 6) is 2.30. The number of fused-ring (bicyclic) bond motifs is 3. The van der Waals surface area contributed by atoms with Crippen molar-refractivity contribution < 1.29 is 15.0 Å². The number of aromatic hydroxyl groups is 1. The maximum Gasteiger partial charge on any atom is 0.404 e. The molecule has 116 valence electrons. The molecule has 2 aliphatic rings. The van der Waals surface area contributed by atoms with E-state index in [1.54, 1.807) is 6.92 Å². The Labute approximate surface area is 132 Å². The van der Waals surface area contributed by atoms with Gasteiger partial charge in [-0.15, -0.1) is 0 Å². The van der Waals surface area contributed by atoms with Crippen molar-refractivity contribution in [3.8, 4) is 5.75 Å². The Hall–Kier alpha value is -1.27. The Bertz CT molecular complexity index is 536. The lowest BCUT2D eigenvalue weighted by atomic mass is 9.91. The fourth-order valence-corrected chi connectivity index (χ4v) is 3.62. The van der Waals surface area contributed by atoms with Gasteiger partial charge >= 0.3 is 6.09 Å². The fourth-order valence-electron chi connectivity index (χ4n) is 3.26. The molecule has 0 radical (unpaired) electrons. The number of carbonyl (C=O) groups is 1. The first-order valence-electron chi connectivity index (χ1n) is 7.15. The Balaban J connectivity index is 0.000000232. The minimum Gasteiger partial charge on any atom is -0.507 e. The Morgan fingerprint density at radius 3 is 2.71 bits per heavy atom. The third-order valence-corrected chi connectivity index (χ3v) is 4.91. The molecule has 21 heavy (non-hydrogen) atoms. The number of benzene rings is 1. The first kappa shape index (κ1) is 16.1. The van der Waals surface area contributed by atoms with E-state index < -0.39 is 6.09 Å². The molecule has 1 heterocycles. The minimum absolute atomic E-state index is 0.369. The molecular weight excluding hydrogens is 336 g/mol. The van der Waals surface area contributed by atoms with Crippen LogP contribution in [0, 0.1) is 5.92 Å². The third kappa shape index (κ3) is 3.32. The highest BCUT2D eigenvalue weighted by atomic mass is 79.9. The number of carboxylic acid groups (broad SMARTS) is 1. The zero-order chi connectivity index (χ0) is 15.6. The molecule has 0 aromatic heterocycles. The van der Waals surface area contributed by atoms with E-state index in [9.17, 15) is 9.90 Å². The zero-order valence-corrected chi connectivity index (χ0v) is 13.8. The maximum absolute atomic E-state index is 9.72. The van der Waals surface area contributed by atoms with Gasteiger partial charge in [0.15, 0.2) is 0 Å². The highest BCUT2D eigenvalue weighted by Gasteiger charge is 2.41. The van der Waals surface area contributed by atoms with Crippen molar-refractivity contribution in [2.75, 3.05) is 19.6 Å². The molecule has 0 spiro atoms. The van der Waals surface area contributed by atoms with Crippen LogP contribution in [0.5, 0.6) is 5.75 Å². The van der Waals surface area contributed by atoms with Crippen LogP contribution in [-0.2, 0) is 0 Å². The molecule has 1 saturated heterocycles. The summed E-state index contributed by atoms with van der Waals surface area (Å²) < 4.78 is 0.820. The molecule has 3 unspecified atom stereocenters. The lowest BCUT2D eigenvalue weighted by Gasteiger charge is -2.12. The molecule has 3 atom stereocenters. The summed E-state index contributed by atoms with van der Waals surface area (Å²) in [6.45, 7) is 6.67. The van der Waals surface area contributed by atoms with E-state index in [4.69, 9.17) is 5.11 Å². The summed E-state index contributed by atoms with van der Waals surface area (Å²) in [6, 6.07) is 4.03. The van der Waals surface area contributed by atoms with Gasteiger partial charge in [0.1, 0.15) is 5.75 Å². The zero-order valence-electron chi connectivity index (χ0n) is 12.2. The smallest absolute Gasteiger partial charge is 0.404 e. The van der Waals surface area contributed by atoms with E-state index in [-0.39, 0.29) is 0 Å². The SMILES string of the molecule is CC1c2cc(Br)c(O)cc2C2CNCC12.CCNC(=O)O. The molecule has 1 fully saturated rings. The Kier molecular flexibility index (Phi) is 5.11. The van der Waals surface area contributed by atoms with Gasteiger partial charge in [0.2, 0.25) is 0 Å². The molecular formula is C15H21BrN2O3. The first-order chi connectivity index (χ1) is 9.95. The van der Waals surface area contributed by atoms with E-state index in [0.29, 0.717) is 30.0 Å². The standard InChI is InChI=1S/C12H14BrNO.C3H7NO2/c1-6-7-2-11(13)12(15)3-8(7)10-5-14-4-9(6)10;1-2-4-3(5)6/h2-3,6,9-10,14-15H,4-5H2,1H3;4H,2H2,1H3,(H,5,6). The Morgan fingerprint density at radius 1 is 1.43 bits per heavy atom. The summed E-state index contributed by atoms with van der Waals surface area (Å²) in [5, 5.41) is 23.1. The topological polar surface area (TPSA) is 81.6 Å². The van der Waals surface area contributed by atoms with E-state index in [2.05, 4.69) is 39.6 Å². The van der Waals surface area contributed by atoms with Gasteiger partial charge in [0, 0.05) is 19.0 Å². The van der Waals surface area contributed by atoms with Crippen LogP contribution in [0.4, 0.5) is 4.79 Å². The number of hydrogen-bond acceptors (Lipinski definition) is 3. The fraction of sp³-hybridized carbons (Fsp3) is 0.533. The summed E-state index contributed by atoms with van der Waals surface area (Å²) in [7, 11) is 0. The highest BCUT2D eigenvalue weighted by Crippen LogP contribution is 2.50. The van der Waals surface area contributed by atoms with Gasteiger partial charge in [0.05, 0.1) is 4.47 Å². The van der Waals surface area contributed by atoms with Crippen LogP contribution < -0.4 is 10.6 Å². The molecule has 1 aliphatic heterocycles. The normalized spacial score (nSPS) is 25.6. The summed E-state index contributed by atoms with van der Waals surface area (Å²) in [4.78, 5) is 9.49. The van der Waals surface area contributed by atoms with Crippen molar-refractivity contribution in [3.63, 3.8) is 0 Å². The van der Waals surface area contributed by atoms with Gasteiger partial charge < -0.3 is 20.8 Å². The van der Waals surface area contributed by atoms with E-state index in [0.717, 1.165) is 17.6 Å². The van der Waals surface area contributed by atoms with Crippen LogP contribution in [0.15, 0.2) is 16.6 Å². The van der Waals surface area contributed by atoms with Crippen LogP contribution in [0.3, 0.4) is 0 Å². The second kappa shape index (κ2) is 6.66. The van der Waals surface area contributed by atoms with Gasteiger partial charge in [-0.3, -0.25) is 0 Å². The number of amides is 1. The van der Waals surface area contributed by atoms with Gasteiger partial charge in [0.25, 0.3) is 0 Å². The second-order valence-corrected chi connectivity index (χ2v) is 6.34. The van der Waals surface area contributed by atoms with Crippen LogP contribution in [0.2, 0.25) is 0 Å². The molecule has 1 aliphatic carbocycles. The highest BCUT2D eigenvalue weighted by molar-refractivity contribution is 9.10. The lowest BCUT2D eigenvalue weighted by Crippen LogP contribution is -2.19. The molecule has 1 aromatic carbocycles. The van der Waals surface area contributed by atoms with Crippen molar-refractivity contribution in [3.05, 3.63) is 27.7 Å². The quantitative estimate of drug-likeness (QED) is 0.623. The predicted molar refractivity (Wildman–Crippen MR) is 85.0 cm³/mol. The molecule has 6 heteroatoms. The number of hydrogen-bond donors (Lipinski definition) is 4. The average Bonchev–Trinajstić information content (AvgIpc) is 2.97. The van der Waals surface area contributed by atoms with Gasteiger partial charge in [-0.1, -0.05) is 6.92 Å². The summed E-state index contributed by atoms with van der Waals surface area (Å²) in [6.07, 6.45) is -0.961. The Morgan fingerprint density at radius 2 is 2.14 bits per heavy atom. The van der Waals surface area contributed by atoms with Gasteiger partial charge in [-0.2, -0.15) is 0 Å². The predicted octanol–water partition coefficient (Wildman–Crippen LogP) is 2.85. The number of nitrogens with one attached hydrogen (secondary N) is 2.